The van der Waals surface area contributed by atoms with Gasteiger partial charge in [-0.25, -0.2) is 8.42 Å². The van der Waals surface area contributed by atoms with Crippen molar-refractivity contribution >= 4 is 15.9 Å². The summed E-state index contributed by atoms with van der Waals surface area (Å²) in [6.07, 6.45) is -0.471. The summed E-state index contributed by atoms with van der Waals surface area (Å²) < 4.78 is 34.8. The maximum Gasteiger partial charge on any atom is 0.247 e. The molecule has 0 fully saturated rings. The molecule has 0 bridgehead atoms. The molecule has 3 rings (SSSR count). The molecule has 2 aromatic carbocycles. The molecular formula is C27H35N3O5S. The molecule has 1 aliphatic rings. The third kappa shape index (κ3) is 6.65. The molecule has 1 amide bonds. The van der Waals surface area contributed by atoms with Gasteiger partial charge in [-0.05, 0) is 51.4 Å². The van der Waals surface area contributed by atoms with E-state index in [1.54, 1.807) is 35.9 Å². The Labute approximate surface area is 214 Å². The van der Waals surface area contributed by atoms with Crippen molar-refractivity contribution < 1.29 is 23.1 Å². The van der Waals surface area contributed by atoms with Crippen LogP contribution in [0.25, 0.3) is 0 Å². The van der Waals surface area contributed by atoms with Gasteiger partial charge in [0.05, 0.1) is 19.7 Å². The van der Waals surface area contributed by atoms with Crippen LogP contribution in [0.5, 0.6) is 5.75 Å². The van der Waals surface area contributed by atoms with Crippen LogP contribution in [-0.2, 0) is 14.8 Å². The van der Waals surface area contributed by atoms with E-state index in [2.05, 4.69) is 11.8 Å². The summed E-state index contributed by atoms with van der Waals surface area (Å²) in [5.41, 5.74) is 1.45. The number of sulfonamides is 1. The van der Waals surface area contributed by atoms with E-state index in [1.165, 1.54) is 10.4 Å². The molecule has 9 heteroatoms. The van der Waals surface area contributed by atoms with Gasteiger partial charge in [-0.15, -0.1) is 0 Å². The van der Waals surface area contributed by atoms with Crippen molar-refractivity contribution in [3.8, 4) is 17.6 Å². The van der Waals surface area contributed by atoms with Gasteiger partial charge in [0.15, 0.2) is 0 Å². The molecule has 0 spiro atoms. The molecule has 0 saturated heterocycles. The number of ether oxygens (including phenoxy) is 1. The molecule has 1 aliphatic heterocycles. The predicted molar refractivity (Wildman–Crippen MR) is 139 cm³/mol. The number of hydrogen-bond acceptors (Lipinski definition) is 6. The number of nitrogens with zero attached hydrogens (tertiary/aromatic N) is 3. The number of carbonyl (C=O) groups is 1. The fraction of sp³-hybridized carbons (Fsp3) is 0.444. The Kier molecular flexibility index (Phi) is 9.14. The molecule has 1 N–H and O–H groups in total. The van der Waals surface area contributed by atoms with Crippen LogP contribution >= 0.6 is 0 Å². The molecule has 8 nitrogen and oxygen atoms in total. The average molecular weight is 514 g/mol. The smallest absolute Gasteiger partial charge is 0.247 e. The van der Waals surface area contributed by atoms with Crippen LogP contribution in [0, 0.1) is 17.8 Å². The van der Waals surface area contributed by atoms with Crippen molar-refractivity contribution in [3.63, 3.8) is 0 Å². The van der Waals surface area contributed by atoms with Gasteiger partial charge in [-0.3, -0.25) is 4.79 Å². The number of benzene rings is 2. The Bertz CT molecular complexity index is 1220. The summed E-state index contributed by atoms with van der Waals surface area (Å²) in [6, 6.07) is 13.7. The minimum Gasteiger partial charge on any atom is -0.487 e. The summed E-state index contributed by atoms with van der Waals surface area (Å²) in [4.78, 5) is 16.0. The fourth-order valence-corrected chi connectivity index (χ4v) is 5.78. The van der Waals surface area contributed by atoms with Gasteiger partial charge in [0.25, 0.3) is 0 Å². The normalized spacial score (nSPS) is 20.2. The van der Waals surface area contributed by atoms with Crippen LogP contribution < -0.4 is 4.74 Å². The molecule has 2 aromatic rings. The lowest BCUT2D eigenvalue weighted by molar-refractivity contribution is -0.132. The highest BCUT2D eigenvalue weighted by molar-refractivity contribution is 7.89. The number of fused-ring (bicyclic) bond motifs is 1. The summed E-state index contributed by atoms with van der Waals surface area (Å²) in [6.45, 7) is 3.96. The zero-order valence-electron chi connectivity index (χ0n) is 21.5. The highest BCUT2D eigenvalue weighted by Gasteiger charge is 2.38. The minimum atomic E-state index is -3.94. The summed E-state index contributed by atoms with van der Waals surface area (Å²) in [5, 5.41) is 9.79. The van der Waals surface area contributed by atoms with Crippen molar-refractivity contribution in [2.75, 3.05) is 47.4 Å². The summed E-state index contributed by atoms with van der Waals surface area (Å²) in [5.74, 6) is 6.03. The lowest BCUT2D eigenvalue weighted by Gasteiger charge is -2.37. The Hall–Kier alpha value is -2.90. The lowest BCUT2D eigenvalue weighted by atomic mass is 10.0. The van der Waals surface area contributed by atoms with E-state index in [1.807, 2.05) is 51.4 Å². The Morgan fingerprint density at radius 3 is 2.44 bits per heavy atom. The number of likely N-dealkylation sites (N-methyl/N-ethyl adjacent to an activating group) is 2. The van der Waals surface area contributed by atoms with Crippen molar-refractivity contribution in [2.24, 2.45) is 5.92 Å². The lowest BCUT2D eigenvalue weighted by Crippen LogP contribution is -2.50. The van der Waals surface area contributed by atoms with Crippen molar-refractivity contribution in [2.45, 2.75) is 30.9 Å². The number of amides is 1. The van der Waals surface area contributed by atoms with Crippen LogP contribution in [-0.4, -0.2) is 93.1 Å². The number of rotatable bonds is 6. The second-order valence-corrected chi connectivity index (χ2v) is 11.4. The van der Waals surface area contributed by atoms with Gasteiger partial charge in [0.1, 0.15) is 16.7 Å². The standard InChI is InChI=1S/C27H35N3O5S/c1-20-16-30(21(2)19-31)36(33,34)26-14-13-23(12-11-22-9-7-6-8-10-22)15-24(26)35-25(20)17-29(5)27(32)18-28(3)4/h6-10,13-15,20-21,25,31H,16-19H2,1-5H3/t20-,21-,25-/m1/s1. The van der Waals surface area contributed by atoms with Gasteiger partial charge < -0.3 is 19.6 Å². The third-order valence-corrected chi connectivity index (χ3v) is 8.14. The first kappa shape index (κ1) is 27.7. The summed E-state index contributed by atoms with van der Waals surface area (Å²) >= 11 is 0. The zero-order valence-corrected chi connectivity index (χ0v) is 22.3. The molecule has 0 saturated carbocycles. The van der Waals surface area contributed by atoms with E-state index in [9.17, 15) is 18.3 Å². The molecule has 0 unspecified atom stereocenters. The first-order valence-corrected chi connectivity index (χ1v) is 13.4. The molecule has 0 aromatic heterocycles. The summed E-state index contributed by atoms with van der Waals surface area (Å²) in [7, 11) is 1.43. The third-order valence-electron chi connectivity index (χ3n) is 6.12. The van der Waals surface area contributed by atoms with Crippen molar-refractivity contribution in [1.29, 1.82) is 0 Å². The largest absolute Gasteiger partial charge is 0.487 e. The molecule has 194 valence electrons. The van der Waals surface area contributed by atoms with Crippen LogP contribution in [0.1, 0.15) is 25.0 Å². The van der Waals surface area contributed by atoms with Gasteiger partial charge >= 0.3 is 0 Å². The molecule has 1 heterocycles. The maximum absolute atomic E-state index is 13.6. The van der Waals surface area contributed by atoms with E-state index in [4.69, 9.17) is 4.74 Å². The van der Waals surface area contributed by atoms with E-state index in [0.29, 0.717) is 5.56 Å². The first-order valence-electron chi connectivity index (χ1n) is 11.9. The van der Waals surface area contributed by atoms with Gasteiger partial charge in [-0.2, -0.15) is 4.31 Å². The van der Waals surface area contributed by atoms with E-state index >= 15 is 0 Å². The Morgan fingerprint density at radius 2 is 1.81 bits per heavy atom. The van der Waals surface area contributed by atoms with E-state index in [0.717, 1.165) is 5.56 Å². The molecule has 3 atom stereocenters. The number of aliphatic hydroxyl groups is 1. The van der Waals surface area contributed by atoms with Crippen molar-refractivity contribution in [1.82, 2.24) is 14.1 Å². The monoisotopic (exact) mass is 513 g/mol. The Balaban J connectivity index is 2.03. The van der Waals surface area contributed by atoms with E-state index < -0.39 is 22.2 Å². The second-order valence-electron chi connectivity index (χ2n) is 9.53. The average Bonchev–Trinajstić information content (AvgIpc) is 2.84. The number of aliphatic hydroxyl groups excluding tert-OH is 1. The van der Waals surface area contributed by atoms with E-state index in [-0.39, 0.29) is 48.7 Å². The fourth-order valence-electron chi connectivity index (χ4n) is 3.95. The minimum absolute atomic E-state index is 0.0206. The quantitative estimate of drug-likeness (QED) is 0.594. The SMILES string of the molecule is C[C@@H]1CN([C@H](C)CO)S(=O)(=O)c2ccc(C#Cc3ccccc3)cc2O[C@@H]1CN(C)C(=O)CN(C)C. The highest BCUT2D eigenvalue weighted by Crippen LogP contribution is 2.34. The van der Waals surface area contributed by atoms with Crippen LogP contribution in [0.3, 0.4) is 0 Å². The second kappa shape index (κ2) is 11.9. The predicted octanol–water partition coefficient (Wildman–Crippen LogP) is 1.88. The molecule has 36 heavy (non-hydrogen) atoms. The Morgan fingerprint density at radius 1 is 1.14 bits per heavy atom. The van der Waals surface area contributed by atoms with Gasteiger partial charge in [0, 0.05) is 36.7 Å². The number of hydrogen-bond donors (Lipinski definition) is 1. The van der Waals surface area contributed by atoms with Gasteiger partial charge in [-0.1, -0.05) is 37.0 Å². The molecular weight excluding hydrogens is 478 g/mol. The van der Waals surface area contributed by atoms with Gasteiger partial charge in [0.2, 0.25) is 15.9 Å². The molecule has 0 aliphatic carbocycles. The maximum atomic E-state index is 13.6. The zero-order chi connectivity index (χ0) is 26.5. The van der Waals surface area contributed by atoms with Crippen LogP contribution in [0.2, 0.25) is 0 Å². The van der Waals surface area contributed by atoms with Crippen LogP contribution in [0.4, 0.5) is 0 Å². The molecule has 0 radical (unpaired) electrons. The van der Waals surface area contributed by atoms with Crippen LogP contribution in [0.15, 0.2) is 53.4 Å². The number of carbonyl (C=O) groups excluding carboxylic acids is 1. The highest BCUT2D eigenvalue weighted by atomic mass is 32.2. The topological polar surface area (TPSA) is 90.4 Å². The van der Waals surface area contributed by atoms with Crippen molar-refractivity contribution in [3.05, 3.63) is 59.7 Å². The first-order chi connectivity index (χ1) is 17.0.